The van der Waals surface area contributed by atoms with Gasteiger partial charge in [-0.3, -0.25) is 13.8 Å². The van der Waals surface area contributed by atoms with Gasteiger partial charge in [-0.1, -0.05) is 12.1 Å². The third-order valence-electron chi connectivity index (χ3n) is 4.26. The number of carbonyl (C=O) groups excluding carboxylic acids is 4. The van der Waals surface area contributed by atoms with E-state index >= 15 is 0 Å². The number of rotatable bonds is 9. The van der Waals surface area contributed by atoms with Crippen molar-refractivity contribution in [1.82, 2.24) is 0 Å². The van der Waals surface area contributed by atoms with Crippen LogP contribution in [0.2, 0.25) is 0 Å². The maximum Gasteiger partial charge on any atom is 0.339 e. The molecule has 0 aromatic heterocycles. The molecule has 0 aliphatic carbocycles. The van der Waals surface area contributed by atoms with Crippen molar-refractivity contribution in [1.29, 1.82) is 0 Å². The summed E-state index contributed by atoms with van der Waals surface area (Å²) in [5, 5.41) is 5.07. The molecular formula is C23H27IN2O10S. The van der Waals surface area contributed by atoms with E-state index in [1.54, 1.807) is 41.2 Å². The number of carbonyl (C=O) groups is 4. The van der Waals surface area contributed by atoms with Gasteiger partial charge in [0.15, 0.2) is 0 Å². The summed E-state index contributed by atoms with van der Waals surface area (Å²) in [6.45, 7) is 2.88. The topological polar surface area (TPSA) is 163 Å². The Morgan fingerprint density at radius 2 is 1.19 bits per heavy atom. The van der Waals surface area contributed by atoms with Gasteiger partial charge < -0.3 is 23.2 Å². The zero-order valence-electron chi connectivity index (χ0n) is 20.7. The van der Waals surface area contributed by atoms with Gasteiger partial charge in [-0.2, -0.15) is 8.42 Å². The van der Waals surface area contributed by atoms with Gasteiger partial charge in [0.05, 0.1) is 56.2 Å². The standard InChI is InChI=1S/C12H15NO6S.C11H12INO4/c1-8(14)13-11-6-9(7-19-20(3,16)17)4-5-10(11)12(15)18-2;1-7(14)13-10-5-8(6-17-12)3-4-9(10)11(15)16-2/h4-6H,7H2,1-3H3,(H,13,14);3-5H,6H2,1-2H3,(H,13,14). The highest BCUT2D eigenvalue weighted by molar-refractivity contribution is 14.1. The second-order valence-corrected chi connectivity index (χ2v) is 9.59. The summed E-state index contributed by atoms with van der Waals surface area (Å²) in [5.74, 6) is -1.71. The van der Waals surface area contributed by atoms with Gasteiger partial charge in [0, 0.05) is 13.8 Å². The number of methoxy groups -OCH3 is 2. The molecule has 0 saturated carbocycles. The van der Waals surface area contributed by atoms with Crippen LogP contribution in [-0.2, 0) is 49.6 Å². The van der Waals surface area contributed by atoms with Gasteiger partial charge in [-0.25, -0.2) is 9.59 Å². The van der Waals surface area contributed by atoms with Crippen LogP contribution in [0, 0.1) is 0 Å². The Morgan fingerprint density at radius 3 is 1.51 bits per heavy atom. The molecule has 2 rings (SSSR count). The van der Waals surface area contributed by atoms with Crippen molar-refractivity contribution >= 4 is 68.3 Å². The number of halogens is 1. The molecule has 0 fully saturated rings. The summed E-state index contributed by atoms with van der Waals surface area (Å²) in [7, 11) is -1.05. The number of ether oxygens (including phenoxy) is 2. The molecule has 0 saturated heterocycles. The zero-order chi connectivity index (χ0) is 28.2. The number of benzene rings is 2. The Balaban J connectivity index is 0.000000375. The van der Waals surface area contributed by atoms with Crippen LogP contribution in [0.3, 0.4) is 0 Å². The van der Waals surface area contributed by atoms with Gasteiger partial charge >= 0.3 is 11.9 Å². The van der Waals surface area contributed by atoms with Crippen LogP contribution in [0.4, 0.5) is 11.4 Å². The first-order valence-corrected chi connectivity index (χ1v) is 13.1. The number of anilines is 2. The fourth-order valence-corrected chi connectivity index (χ4v) is 3.47. The highest BCUT2D eigenvalue weighted by Crippen LogP contribution is 2.21. The van der Waals surface area contributed by atoms with Crippen LogP contribution in [0.15, 0.2) is 36.4 Å². The Hall–Kier alpha value is -3.08. The van der Waals surface area contributed by atoms with Crippen LogP contribution >= 0.6 is 23.0 Å². The molecule has 0 heterocycles. The molecule has 0 radical (unpaired) electrons. The zero-order valence-corrected chi connectivity index (χ0v) is 23.7. The molecule has 2 N–H and O–H groups in total. The SMILES string of the molecule is COC(=O)c1ccc(COI)cc1NC(C)=O.COC(=O)c1ccc(COS(C)(=O)=O)cc1NC(C)=O. The third-order valence-corrected chi connectivity index (χ3v) is 5.12. The summed E-state index contributed by atoms with van der Waals surface area (Å²) in [6.07, 6.45) is 0.935. The molecule has 2 amide bonds. The van der Waals surface area contributed by atoms with Crippen LogP contribution in [0.25, 0.3) is 0 Å². The maximum atomic E-state index is 11.5. The average molecular weight is 650 g/mol. The van der Waals surface area contributed by atoms with Crippen LogP contribution in [-0.4, -0.2) is 52.6 Å². The highest BCUT2D eigenvalue weighted by atomic mass is 127. The number of nitrogens with one attached hydrogen (secondary N) is 2. The normalized spacial score (nSPS) is 10.4. The van der Waals surface area contributed by atoms with Gasteiger partial charge in [0.1, 0.15) is 23.0 Å². The van der Waals surface area contributed by atoms with Gasteiger partial charge in [-0.05, 0) is 35.4 Å². The minimum atomic E-state index is -3.57. The molecule has 37 heavy (non-hydrogen) atoms. The Bertz CT molecular complexity index is 1250. The van der Waals surface area contributed by atoms with Crippen molar-refractivity contribution in [2.45, 2.75) is 27.1 Å². The lowest BCUT2D eigenvalue weighted by atomic mass is 10.1. The first-order chi connectivity index (χ1) is 17.3. The molecule has 0 unspecified atom stereocenters. The van der Waals surface area contributed by atoms with Gasteiger partial charge in [0.25, 0.3) is 10.1 Å². The van der Waals surface area contributed by atoms with E-state index < -0.39 is 22.1 Å². The van der Waals surface area contributed by atoms with E-state index in [-0.39, 0.29) is 29.7 Å². The molecule has 202 valence electrons. The quantitative estimate of drug-likeness (QED) is 0.234. The van der Waals surface area contributed by atoms with E-state index in [1.807, 2.05) is 0 Å². The van der Waals surface area contributed by atoms with Crippen molar-refractivity contribution in [3.05, 3.63) is 58.7 Å². The molecule has 14 heteroatoms. The molecule has 2 aromatic rings. The van der Waals surface area contributed by atoms with E-state index in [0.29, 0.717) is 23.4 Å². The lowest BCUT2D eigenvalue weighted by Crippen LogP contribution is -2.13. The van der Waals surface area contributed by atoms with Crippen molar-refractivity contribution in [2.24, 2.45) is 0 Å². The van der Waals surface area contributed by atoms with Gasteiger partial charge in [0.2, 0.25) is 11.8 Å². The molecule has 12 nitrogen and oxygen atoms in total. The van der Waals surface area contributed by atoms with Crippen LogP contribution < -0.4 is 10.6 Å². The number of hydrogen-bond acceptors (Lipinski definition) is 10. The molecule has 0 atom stereocenters. The molecule has 0 spiro atoms. The number of esters is 2. The largest absolute Gasteiger partial charge is 0.465 e. The van der Waals surface area contributed by atoms with E-state index in [9.17, 15) is 27.6 Å². The lowest BCUT2D eigenvalue weighted by molar-refractivity contribution is -0.115. The number of amides is 2. The molecule has 0 aliphatic rings. The minimum Gasteiger partial charge on any atom is -0.465 e. The van der Waals surface area contributed by atoms with E-state index in [0.717, 1.165) is 11.8 Å². The minimum absolute atomic E-state index is 0.172. The van der Waals surface area contributed by atoms with E-state index in [2.05, 4.69) is 24.3 Å². The first-order valence-electron chi connectivity index (χ1n) is 10.4. The van der Waals surface area contributed by atoms with Crippen LogP contribution in [0.5, 0.6) is 0 Å². The van der Waals surface area contributed by atoms with Gasteiger partial charge in [-0.15, -0.1) is 0 Å². The summed E-state index contributed by atoms with van der Waals surface area (Å²) in [6, 6.07) is 9.43. The van der Waals surface area contributed by atoms with E-state index in [1.165, 1.54) is 46.3 Å². The molecule has 2 aromatic carbocycles. The fraction of sp³-hybridized carbons (Fsp3) is 0.304. The second kappa shape index (κ2) is 15.2. The monoisotopic (exact) mass is 650 g/mol. The predicted molar refractivity (Wildman–Crippen MR) is 143 cm³/mol. The van der Waals surface area contributed by atoms with Crippen LogP contribution in [0.1, 0.15) is 45.7 Å². The van der Waals surface area contributed by atoms with Crippen molar-refractivity contribution in [3.8, 4) is 0 Å². The van der Waals surface area contributed by atoms with Crippen molar-refractivity contribution in [3.63, 3.8) is 0 Å². The molecular weight excluding hydrogens is 623 g/mol. The highest BCUT2D eigenvalue weighted by Gasteiger charge is 2.15. The van der Waals surface area contributed by atoms with Crippen molar-refractivity contribution < 1.29 is 44.3 Å². The number of hydrogen-bond donors (Lipinski definition) is 2. The first kappa shape index (κ1) is 31.9. The summed E-state index contributed by atoms with van der Waals surface area (Å²) >= 11 is 1.78. The smallest absolute Gasteiger partial charge is 0.339 e. The Morgan fingerprint density at radius 1 is 0.784 bits per heavy atom. The fourth-order valence-electron chi connectivity index (χ4n) is 2.76. The summed E-state index contributed by atoms with van der Waals surface area (Å²) < 4.78 is 40.7. The lowest BCUT2D eigenvalue weighted by Gasteiger charge is -2.10. The molecule has 0 bridgehead atoms. The Labute approximate surface area is 228 Å². The summed E-state index contributed by atoms with van der Waals surface area (Å²) in [5.41, 5.74) is 2.50. The molecule has 0 aliphatic heterocycles. The predicted octanol–water partition coefficient (Wildman–Crippen LogP) is 3.21. The van der Waals surface area contributed by atoms with E-state index in [4.69, 9.17) is 3.07 Å². The summed E-state index contributed by atoms with van der Waals surface area (Å²) in [4.78, 5) is 45.2. The Kier molecular flexibility index (Phi) is 13.2. The third kappa shape index (κ3) is 11.7. The van der Waals surface area contributed by atoms with Crippen molar-refractivity contribution in [2.75, 3.05) is 31.1 Å². The second-order valence-electron chi connectivity index (χ2n) is 7.33. The maximum absolute atomic E-state index is 11.5. The average Bonchev–Trinajstić information content (AvgIpc) is 2.81.